The van der Waals surface area contributed by atoms with Crippen LogP contribution in [0, 0.1) is 5.82 Å². The zero-order valence-corrected chi connectivity index (χ0v) is 14.1. The number of fused-ring (bicyclic) bond motifs is 1. The number of thioether (sulfide) groups is 1. The van der Waals surface area contributed by atoms with Gasteiger partial charge in [0, 0.05) is 17.1 Å². The van der Waals surface area contributed by atoms with Crippen molar-refractivity contribution in [3.8, 4) is 5.75 Å². The van der Waals surface area contributed by atoms with Gasteiger partial charge in [-0.25, -0.2) is 9.18 Å². The Morgan fingerprint density at radius 3 is 2.88 bits per heavy atom. The standard InChI is InChI=1S/C18H16FNO4S/c19-13-3-1-2-4-15(13)23-8-9-24-18(22)12-5-6-16-14(11-12)20-17(21)7-10-25-16/h1-6,11H,7-10H2,(H,20,21). The molecule has 1 N–H and O–H groups in total. The Bertz CT molecular complexity index is 796. The molecule has 0 radical (unpaired) electrons. The van der Waals surface area contributed by atoms with Crippen molar-refractivity contribution in [2.75, 3.05) is 24.3 Å². The predicted octanol–water partition coefficient (Wildman–Crippen LogP) is 3.50. The molecule has 5 nitrogen and oxygen atoms in total. The Morgan fingerprint density at radius 2 is 2.04 bits per heavy atom. The number of ether oxygens (including phenoxy) is 2. The van der Waals surface area contributed by atoms with Crippen molar-refractivity contribution in [1.82, 2.24) is 0 Å². The minimum Gasteiger partial charge on any atom is -0.487 e. The average Bonchev–Trinajstić information content (AvgIpc) is 2.79. The van der Waals surface area contributed by atoms with Crippen molar-refractivity contribution in [1.29, 1.82) is 0 Å². The zero-order chi connectivity index (χ0) is 17.6. The molecule has 0 atom stereocenters. The van der Waals surface area contributed by atoms with E-state index in [2.05, 4.69) is 5.32 Å². The summed E-state index contributed by atoms with van der Waals surface area (Å²) in [6.45, 7) is 0.0373. The summed E-state index contributed by atoms with van der Waals surface area (Å²) in [7, 11) is 0. The van der Waals surface area contributed by atoms with Gasteiger partial charge in [-0.2, -0.15) is 0 Å². The molecule has 0 saturated carbocycles. The maximum Gasteiger partial charge on any atom is 0.338 e. The lowest BCUT2D eigenvalue weighted by Crippen LogP contribution is -2.14. The van der Waals surface area contributed by atoms with Gasteiger partial charge in [-0.15, -0.1) is 11.8 Å². The summed E-state index contributed by atoms with van der Waals surface area (Å²) in [5, 5.41) is 2.78. The number of hydrogen-bond donors (Lipinski definition) is 1. The molecule has 3 rings (SSSR count). The number of amides is 1. The molecule has 1 aliphatic rings. The number of carbonyl (C=O) groups excluding carboxylic acids is 2. The highest BCUT2D eigenvalue weighted by Gasteiger charge is 2.16. The molecule has 0 saturated heterocycles. The van der Waals surface area contributed by atoms with Crippen LogP contribution < -0.4 is 10.1 Å². The van der Waals surface area contributed by atoms with Gasteiger partial charge in [-0.05, 0) is 30.3 Å². The quantitative estimate of drug-likeness (QED) is 0.652. The van der Waals surface area contributed by atoms with Gasteiger partial charge >= 0.3 is 5.97 Å². The molecule has 130 valence electrons. The Balaban J connectivity index is 1.55. The topological polar surface area (TPSA) is 64.6 Å². The fraction of sp³-hybridized carbons (Fsp3) is 0.222. The zero-order valence-electron chi connectivity index (χ0n) is 13.3. The van der Waals surface area contributed by atoms with Crippen molar-refractivity contribution in [3.63, 3.8) is 0 Å². The lowest BCUT2D eigenvalue weighted by Gasteiger charge is -2.10. The second-order valence-electron chi connectivity index (χ2n) is 5.27. The van der Waals surface area contributed by atoms with Crippen molar-refractivity contribution >= 4 is 29.3 Å². The first-order valence-electron chi connectivity index (χ1n) is 7.74. The molecule has 1 amide bonds. The molecule has 0 aliphatic carbocycles. The third-order valence-electron chi connectivity index (χ3n) is 3.49. The summed E-state index contributed by atoms with van der Waals surface area (Å²) >= 11 is 1.56. The highest BCUT2D eigenvalue weighted by atomic mass is 32.2. The molecule has 2 aromatic rings. The fourth-order valence-corrected chi connectivity index (χ4v) is 3.22. The van der Waals surface area contributed by atoms with E-state index in [1.807, 2.05) is 0 Å². The van der Waals surface area contributed by atoms with Crippen molar-refractivity contribution in [3.05, 3.63) is 53.8 Å². The van der Waals surface area contributed by atoms with Gasteiger partial charge < -0.3 is 14.8 Å². The van der Waals surface area contributed by atoms with Crippen LogP contribution in [0.15, 0.2) is 47.4 Å². The van der Waals surface area contributed by atoms with Crippen molar-refractivity contribution in [2.45, 2.75) is 11.3 Å². The van der Waals surface area contributed by atoms with Crippen LogP contribution in [0.25, 0.3) is 0 Å². The molecular weight excluding hydrogens is 345 g/mol. The summed E-state index contributed by atoms with van der Waals surface area (Å²) in [6, 6.07) is 11.1. The maximum absolute atomic E-state index is 13.4. The number of anilines is 1. The first-order valence-corrected chi connectivity index (χ1v) is 8.73. The summed E-state index contributed by atoms with van der Waals surface area (Å²) < 4.78 is 23.8. The maximum atomic E-state index is 13.4. The third kappa shape index (κ3) is 4.51. The van der Waals surface area contributed by atoms with E-state index in [0.29, 0.717) is 23.4 Å². The van der Waals surface area contributed by atoms with Gasteiger partial charge in [0.05, 0.1) is 11.3 Å². The molecule has 0 unspecified atom stereocenters. The molecule has 1 aliphatic heterocycles. The van der Waals surface area contributed by atoms with E-state index in [4.69, 9.17) is 9.47 Å². The van der Waals surface area contributed by atoms with Crippen molar-refractivity contribution < 1.29 is 23.5 Å². The van der Waals surface area contributed by atoms with E-state index < -0.39 is 11.8 Å². The normalized spacial score (nSPS) is 13.4. The Hall–Kier alpha value is -2.54. The first-order chi connectivity index (χ1) is 12.1. The largest absolute Gasteiger partial charge is 0.487 e. The second kappa shape index (κ2) is 8.02. The monoisotopic (exact) mass is 361 g/mol. The fourth-order valence-electron chi connectivity index (χ4n) is 2.28. The summed E-state index contributed by atoms with van der Waals surface area (Å²) in [5.41, 5.74) is 0.956. The van der Waals surface area contributed by atoms with Gasteiger partial charge in [-0.3, -0.25) is 4.79 Å². The molecule has 0 spiro atoms. The summed E-state index contributed by atoms with van der Waals surface area (Å²) in [6.07, 6.45) is 0.437. The smallest absolute Gasteiger partial charge is 0.338 e. The van der Waals surface area contributed by atoms with E-state index in [-0.39, 0.29) is 24.9 Å². The third-order valence-corrected chi connectivity index (χ3v) is 4.56. The van der Waals surface area contributed by atoms with Gasteiger partial charge in [-0.1, -0.05) is 12.1 Å². The van der Waals surface area contributed by atoms with Crippen LogP contribution in [0.5, 0.6) is 5.75 Å². The Kier molecular flexibility index (Phi) is 5.55. The van der Waals surface area contributed by atoms with Crippen LogP contribution in [0.3, 0.4) is 0 Å². The second-order valence-corrected chi connectivity index (χ2v) is 6.41. The van der Waals surface area contributed by atoms with Crippen LogP contribution in [-0.4, -0.2) is 30.8 Å². The van der Waals surface area contributed by atoms with E-state index in [1.54, 1.807) is 42.1 Å². The lowest BCUT2D eigenvalue weighted by atomic mass is 10.2. The van der Waals surface area contributed by atoms with Crippen LogP contribution in [0.1, 0.15) is 16.8 Å². The molecule has 0 bridgehead atoms. The number of rotatable bonds is 5. The molecule has 25 heavy (non-hydrogen) atoms. The summed E-state index contributed by atoms with van der Waals surface area (Å²) in [4.78, 5) is 24.6. The molecule has 7 heteroatoms. The Morgan fingerprint density at radius 1 is 1.20 bits per heavy atom. The van der Waals surface area contributed by atoms with Gasteiger partial charge in [0.1, 0.15) is 13.2 Å². The molecule has 0 fully saturated rings. The van der Waals surface area contributed by atoms with Crippen LogP contribution >= 0.6 is 11.8 Å². The SMILES string of the molecule is O=C1CCSc2ccc(C(=O)OCCOc3ccccc3F)cc2N1. The van der Waals surface area contributed by atoms with Gasteiger partial charge in [0.25, 0.3) is 0 Å². The number of hydrogen-bond acceptors (Lipinski definition) is 5. The van der Waals surface area contributed by atoms with Crippen LogP contribution in [0.2, 0.25) is 0 Å². The van der Waals surface area contributed by atoms with Gasteiger partial charge in [0.15, 0.2) is 11.6 Å². The predicted molar refractivity (Wildman–Crippen MR) is 92.6 cm³/mol. The highest BCUT2D eigenvalue weighted by Crippen LogP contribution is 2.31. The average molecular weight is 361 g/mol. The number of halogens is 1. The van der Waals surface area contributed by atoms with Crippen LogP contribution in [-0.2, 0) is 9.53 Å². The molecule has 0 aromatic heterocycles. The number of para-hydroxylation sites is 1. The molecule has 2 aromatic carbocycles. The molecule has 1 heterocycles. The van der Waals surface area contributed by atoms with Crippen molar-refractivity contribution in [2.24, 2.45) is 0 Å². The van der Waals surface area contributed by atoms with Gasteiger partial charge in [0.2, 0.25) is 5.91 Å². The lowest BCUT2D eigenvalue weighted by molar-refractivity contribution is -0.115. The number of benzene rings is 2. The van der Waals surface area contributed by atoms with E-state index in [1.165, 1.54) is 12.1 Å². The number of esters is 1. The summed E-state index contributed by atoms with van der Waals surface area (Å²) in [5.74, 6) is -0.245. The minimum absolute atomic E-state index is 0.00857. The van der Waals surface area contributed by atoms with E-state index >= 15 is 0 Å². The number of carbonyl (C=O) groups is 2. The first kappa shape index (κ1) is 17.3. The van der Waals surface area contributed by atoms with Crippen LogP contribution in [0.4, 0.5) is 10.1 Å². The van der Waals surface area contributed by atoms with E-state index in [9.17, 15) is 14.0 Å². The number of nitrogens with one attached hydrogen (secondary N) is 1. The van der Waals surface area contributed by atoms with E-state index in [0.717, 1.165) is 4.90 Å². The minimum atomic E-state index is -0.525. The Labute approximate surface area is 148 Å². The highest BCUT2D eigenvalue weighted by molar-refractivity contribution is 7.99. The molecular formula is C18H16FNO4S.